The van der Waals surface area contributed by atoms with Gasteiger partial charge in [0.05, 0.1) is 30.7 Å². The van der Waals surface area contributed by atoms with Gasteiger partial charge < -0.3 is 19.3 Å². The molecule has 3 aliphatic rings. The molecule has 3 fully saturated rings. The second-order valence-corrected chi connectivity index (χ2v) is 8.74. The molecule has 0 unspecified atom stereocenters. The van der Waals surface area contributed by atoms with E-state index in [1.54, 1.807) is 0 Å². The molecule has 0 amide bonds. The quantitative estimate of drug-likeness (QED) is 0.840. The minimum atomic E-state index is -0.0763. The third-order valence-electron chi connectivity index (χ3n) is 6.75. The van der Waals surface area contributed by atoms with Crippen molar-refractivity contribution in [3.8, 4) is 0 Å². The summed E-state index contributed by atoms with van der Waals surface area (Å²) in [6.45, 7) is 4.43. The zero-order chi connectivity index (χ0) is 18.3. The van der Waals surface area contributed by atoms with Crippen molar-refractivity contribution in [2.75, 3.05) is 39.5 Å². The Morgan fingerprint density at radius 1 is 1.22 bits per heavy atom. The maximum Gasteiger partial charge on any atom is 0.234 e. The summed E-state index contributed by atoms with van der Waals surface area (Å²) < 4.78 is 11.2. The molecule has 2 aromatic rings. The fourth-order valence-electron chi connectivity index (χ4n) is 5.27. The molecule has 27 heavy (non-hydrogen) atoms. The van der Waals surface area contributed by atoms with E-state index in [9.17, 15) is 5.11 Å². The first kappa shape index (κ1) is 17.3. The van der Waals surface area contributed by atoms with Crippen LogP contribution in [-0.4, -0.2) is 59.6 Å². The van der Waals surface area contributed by atoms with Crippen molar-refractivity contribution in [2.45, 2.75) is 31.1 Å². The van der Waals surface area contributed by atoms with E-state index >= 15 is 0 Å². The summed E-state index contributed by atoms with van der Waals surface area (Å²) in [5.41, 5.74) is 1.12. The Morgan fingerprint density at radius 2 is 2.07 bits per heavy atom. The smallest absolute Gasteiger partial charge is 0.234 e. The summed E-state index contributed by atoms with van der Waals surface area (Å²) in [6, 6.07) is 10.3. The van der Waals surface area contributed by atoms with Gasteiger partial charge in [0, 0.05) is 26.1 Å². The number of aliphatic hydroxyl groups is 1. The number of benzene rings is 1. The number of nitrogens with zero attached hydrogens (tertiary/aromatic N) is 3. The lowest BCUT2D eigenvalue weighted by molar-refractivity contribution is -0.147. The Morgan fingerprint density at radius 3 is 2.81 bits per heavy atom. The first-order chi connectivity index (χ1) is 13.2. The number of rotatable bonds is 6. The largest absolute Gasteiger partial charge is 0.396 e. The SMILES string of the molecule is OCC1(CN2C[C@H]3CCC[C@@]3(c3nc(Cc4ccccc4)no3)C2)COC1. The Hall–Kier alpha value is -1.76. The van der Waals surface area contributed by atoms with Crippen LogP contribution in [0, 0.1) is 11.3 Å². The molecule has 0 radical (unpaired) electrons. The van der Waals surface area contributed by atoms with E-state index in [0.717, 1.165) is 37.8 Å². The minimum Gasteiger partial charge on any atom is -0.396 e. The van der Waals surface area contributed by atoms with Crippen LogP contribution in [0.4, 0.5) is 0 Å². The Bertz CT molecular complexity index is 783. The van der Waals surface area contributed by atoms with Gasteiger partial charge in [-0.05, 0) is 24.3 Å². The molecule has 1 aliphatic carbocycles. The summed E-state index contributed by atoms with van der Waals surface area (Å²) in [6.07, 6.45) is 4.27. The van der Waals surface area contributed by atoms with E-state index in [1.807, 2.05) is 18.2 Å². The van der Waals surface area contributed by atoms with Gasteiger partial charge in [-0.2, -0.15) is 4.98 Å². The number of hydrogen-bond acceptors (Lipinski definition) is 6. The number of aromatic nitrogens is 2. The number of hydrogen-bond donors (Lipinski definition) is 1. The molecule has 2 saturated heterocycles. The molecule has 0 bridgehead atoms. The molecular weight excluding hydrogens is 342 g/mol. The topological polar surface area (TPSA) is 71.6 Å². The fourth-order valence-corrected chi connectivity index (χ4v) is 5.27. The molecule has 144 valence electrons. The molecule has 3 heterocycles. The van der Waals surface area contributed by atoms with Crippen molar-refractivity contribution in [3.63, 3.8) is 0 Å². The molecule has 1 aromatic carbocycles. The minimum absolute atomic E-state index is 0.0107. The summed E-state index contributed by atoms with van der Waals surface area (Å²) in [5, 5.41) is 14.1. The van der Waals surface area contributed by atoms with Gasteiger partial charge in [-0.3, -0.25) is 0 Å². The van der Waals surface area contributed by atoms with Crippen molar-refractivity contribution >= 4 is 0 Å². The molecule has 2 aliphatic heterocycles. The van der Waals surface area contributed by atoms with Crippen molar-refractivity contribution in [1.29, 1.82) is 0 Å². The molecular formula is C21H27N3O3. The highest BCUT2D eigenvalue weighted by Crippen LogP contribution is 2.50. The summed E-state index contributed by atoms with van der Waals surface area (Å²) in [7, 11) is 0. The maximum atomic E-state index is 9.78. The Kier molecular flexibility index (Phi) is 4.30. The van der Waals surface area contributed by atoms with Gasteiger partial charge >= 0.3 is 0 Å². The lowest BCUT2D eigenvalue weighted by atomic mass is 9.80. The van der Waals surface area contributed by atoms with Crippen LogP contribution in [0.15, 0.2) is 34.9 Å². The molecule has 6 heteroatoms. The zero-order valence-electron chi connectivity index (χ0n) is 15.6. The average molecular weight is 369 g/mol. The first-order valence-electron chi connectivity index (χ1n) is 9.99. The second kappa shape index (κ2) is 6.69. The summed E-state index contributed by atoms with van der Waals surface area (Å²) in [4.78, 5) is 7.32. The third-order valence-corrected chi connectivity index (χ3v) is 6.75. The standard InChI is InChI=1S/C21H27N3O3/c25-13-20(14-26-15-20)11-24-10-17-7-4-8-21(17,12-24)19-22-18(23-27-19)9-16-5-2-1-3-6-16/h1-3,5-6,17,25H,4,7-15H2/t17-,21-/m1/s1. The third kappa shape index (κ3) is 3.00. The lowest BCUT2D eigenvalue weighted by Gasteiger charge is -2.42. The predicted molar refractivity (Wildman–Crippen MR) is 99.3 cm³/mol. The highest BCUT2D eigenvalue weighted by molar-refractivity contribution is 5.21. The molecule has 6 nitrogen and oxygen atoms in total. The van der Waals surface area contributed by atoms with Crippen LogP contribution in [0.2, 0.25) is 0 Å². The van der Waals surface area contributed by atoms with E-state index in [1.165, 1.54) is 18.4 Å². The average Bonchev–Trinajstić information content (AvgIpc) is 3.33. The monoisotopic (exact) mass is 369 g/mol. The van der Waals surface area contributed by atoms with Crippen molar-refractivity contribution in [1.82, 2.24) is 15.0 Å². The van der Waals surface area contributed by atoms with E-state index in [2.05, 4.69) is 22.2 Å². The summed E-state index contributed by atoms with van der Waals surface area (Å²) >= 11 is 0. The second-order valence-electron chi connectivity index (χ2n) is 8.74. The maximum absolute atomic E-state index is 9.78. The molecule has 1 saturated carbocycles. The van der Waals surface area contributed by atoms with Crippen LogP contribution in [0.25, 0.3) is 0 Å². The fraction of sp³-hybridized carbons (Fsp3) is 0.619. The molecule has 2 atom stereocenters. The number of ether oxygens (including phenoxy) is 1. The molecule has 1 N–H and O–H groups in total. The Labute approximate surface area is 159 Å². The highest BCUT2D eigenvalue weighted by Gasteiger charge is 2.55. The van der Waals surface area contributed by atoms with Crippen LogP contribution in [0.5, 0.6) is 0 Å². The van der Waals surface area contributed by atoms with E-state index in [4.69, 9.17) is 14.2 Å². The zero-order valence-corrected chi connectivity index (χ0v) is 15.6. The van der Waals surface area contributed by atoms with E-state index < -0.39 is 0 Å². The van der Waals surface area contributed by atoms with Crippen molar-refractivity contribution in [3.05, 3.63) is 47.6 Å². The summed E-state index contributed by atoms with van der Waals surface area (Å²) in [5.74, 6) is 2.16. The van der Waals surface area contributed by atoms with Crippen molar-refractivity contribution in [2.24, 2.45) is 11.3 Å². The number of aliphatic hydroxyl groups excluding tert-OH is 1. The van der Waals surface area contributed by atoms with Gasteiger partial charge in [-0.25, -0.2) is 0 Å². The predicted octanol–water partition coefficient (Wildman–Crippen LogP) is 2.02. The normalized spacial score (nSPS) is 29.6. The van der Waals surface area contributed by atoms with Gasteiger partial charge in [-0.15, -0.1) is 0 Å². The lowest BCUT2D eigenvalue weighted by Crippen LogP contribution is -2.53. The van der Waals surface area contributed by atoms with Gasteiger partial charge in [0.15, 0.2) is 5.82 Å². The van der Waals surface area contributed by atoms with Crippen LogP contribution in [0.3, 0.4) is 0 Å². The van der Waals surface area contributed by atoms with Crippen LogP contribution in [0.1, 0.15) is 36.5 Å². The van der Waals surface area contributed by atoms with Crippen LogP contribution >= 0.6 is 0 Å². The van der Waals surface area contributed by atoms with Gasteiger partial charge in [0.2, 0.25) is 5.89 Å². The van der Waals surface area contributed by atoms with E-state index in [-0.39, 0.29) is 17.4 Å². The van der Waals surface area contributed by atoms with Gasteiger partial charge in [0.25, 0.3) is 0 Å². The first-order valence-corrected chi connectivity index (χ1v) is 9.99. The van der Waals surface area contributed by atoms with Gasteiger partial charge in [-0.1, -0.05) is 41.9 Å². The van der Waals surface area contributed by atoms with Crippen molar-refractivity contribution < 1.29 is 14.4 Å². The van der Waals surface area contributed by atoms with Crippen LogP contribution in [-0.2, 0) is 16.6 Å². The highest BCUT2D eigenvalue weighted by atomic mass is 16.5. The Balaban J connectivity index is 1.34. The van der Waals surface area contributed by atoms with Gasteiger partial charge in [0.1, 0.15) is 0 Å². The molecule has 1 aromatic heterocycles. The molecule has 5 rings (SSSR count). The van der Waals surface area contributed by atoms with Crippen LogP contribution < -0.4 is 0 Å². The number of fused-ring (bicyclic) bond motifs is 1. The van der Waals surface area contributed by atoms with E-state index in [0.29, 0.717) is 25.6 Å². The molecule has 0 spiro atoms. The number of likely N-dealkylation sites (tertiary alicyclic amines) is 1.